The Bertz CT molecular complexity index is 1000. The van der Waals surface area contributed by atoms with Gasteiger partial charge in [0.15, 0.2) is 12.4 Å². The number of nitrogens with one attached hydrogen (secondary N) is 4. The van der Waals surface area contributed by atoms with Gasteiger partial charge in [-0.05, 0) is 42.5 Å². The number of H-pyrrole nitrogens is 1. The van der Waals surface area contributed by atoms with Crippen molar-refractivity contribution in [1.29, 1.82) is 5.41 Å². The summed E-state index contributed by atoms with van der Waals surface area (Å²) < 4.78 is 10.3. The molecule has 30 heavy (non-hydrogen) atoms. The number of hydrogen-bond acceptors (Lipinski definition) is 8. The summed E-state index contributed by atoms with van der Waals surface area (Å²) in [7, 11) is 1.57. The van der Waals surface area contributed by atoms with Crippen LogP contribution in [0.4, 0.5) is 17.3 Å². The number of hydrogen-bond donors (Lipinski definition) is 5. The number of carbonyl (C=O) groups excluding carboxylic acids is 1. The number of nitrogens with zero attached hydrogens (tertiary/aromatic N) is 2. The molecule has 0 saturated carbocycles. The summed E-state index contributed by atoms with van der Waals surface area (Å²) in [4.78, 5) is 14.7. The number of anilines is 3. The van der Waals surface area contributed by atoms with E-state index in [1.807, 2.05) is 12.1 Å². The number of aromatic nitrogens is 3. The maximum atomic E-state index is 11.7. The predicted molar refractivity (Wildman–Crippen MR) is 114 cm³/mol. The van der Waals surface area contributed by atoms with Crippen molar-refractivity contribution in [2.24, 2.45) is 0 Å². The number of carbonyl (C=O) groups is 1. The highest BCUT2D eigenvalue weighted by Gasteiger charge is 2.08. The van der Waals surface area contributed by atoms with Crippen LogP contribution in [0.5, 0.6) is 5.75 Å². The third-order valence-corrected chi connectivity index (χ3v) is 4.12. The summed E-state index contributed by atoms with van der Waals surface area (Å²) in [6.45, 7) is 0.827. The van der Waals surface area contributed by atoms with Crippen molar-refractivity contribution in [3.8, 4) is 17.1 Å². The molecule has 0 saturated heterocycles. The molecule has 6 N–H and O–H groups in total. The molecule has 0 unspecified atom stereocenters. The van der Waals surface area contributed by atoms with E-state index in [1.165, 1.54) is 6.21 Å². The largest absolute Gasteiger partial charge is 0.484 e. The van der Waals surface area contributed by atoms with Gasteiger partial charge < -0.3 is 36.2 Å². The molecule has 0 radical (unpaired) electrons. The molecule has 3 aromatic rings. The second kappa shape index (κ2) is 10.0. The number of nitrogens with two attached hydrogens (primary N) is 1. The zero-order chi connectivity index (χ0) is 21.3. The molecule has 0 spiro atoms. The van der Waals surface area contributed by atoms with Crippen LogP contribution >= 0.6 is 0 Å². The topological polar surface area (TPSA) is 151 Å². The van der Waals surface area contributed by atoms with E-state index in [9.17, 15) is 4.79 Å². The molecule has 0 atom stereocenters. The minimum Gasteiger partial charge on any atom is -0.484 e. The summed E-state index contributed by atoms with van der Waals surface area (Å²) >= 11 is 0. The SMILES string of the molecule is COCCNC(=O)COc1ccc(-c2nnc(Nc3ccc(N)c(C=N)c3)[nH]2)cc1. The lowest BCUT2D eigenvalue weighted by molar-refractivity contribution is -0.123. The van der Waals surface area contributed by atoms with E-state index in [2.05, 4.69) is 25.8 Å². The van der Waals surface area contributed by atoms with Crippen LogP contribution in [0.25, 0.3) is 11.4 Å². The number of benzene rings is 2. The van der Waals surface area contributed by atoms with E-state index in [0.717, 1.165) is 11.3 Å². The maximum absolute atomic E-state index is 11.7. The number of amides is 1. The Balaban J connectivity index is 1.57. The molecular weight excluding hydrogens is 386 g/mol. The summed E-state index contributed by atoms with van der Waals surface area (Å²) in [6, 6.07) is 12.4. The molecule has 1 aromatic heterocycles. The molecule has 1 heterocycles. The minimum atomic E-state index is -0.212. The predicted octanol–water partition coefficient (Wildman–Crippen LogP) is 1.94. The average Bonchev–Trinajstić information content (AvgIpc) is 3.22. The van der Waals surface area contributed by atoms with Gasteiger partial charge in [-0.3, -0.25) is 4.79 Å². The van der Waals surface area contributed by atoms with Crippen molar-refractivity contribution in [2.45, 2.75) is 0 Å². The van der Waals surface area contributed by atoms with E-state index in [0.29, 0.717) is 41.9 Å². The third-order valence-electron chi connectivity index (χ3n) is 4.12. The lowest BCUT2D eigenvalue weighted by Crippen LogP contribution is -2.31. The Morgan fingerprint density at radius 2 is 2.03 bits per heavy atom. The van der Waals surface area contributed by atoms with Crippen molar-refractivity contribution >= 4 is 29.4 Å². The number of methoxy groups -OCH3 is 1. The number of nitrogen functional groups attached to an aromatic ring is 1. The molecule has 1 amide bonds. The van der Waals surface area contributed by atoms with E-state index in [4.69, 9.17) is 20.6 Å². The van der Waals surface area contributed by atoms with E-state index in [1.54, 1.807) is 37.4 Å². The van der Waals surface area contributed by atoms with Crippen LogP contribution in [-0.4, -0.2) is 54.2 Å². The molecule has 10 nitrogen and oxygen atoms in total. The van der Waals surface area contributed by atoms with Crippen LogP contribution in [0.1, 0.15) is 5.56 Å². The van der Waals surface area contributed by atoms with Gasteiger partial charge in [-0.2, -0.15) is 0 Å². The highest BCUT2D eigenvalue weighted by molar-refractivity contribution is 5.87. The van der Waals surface area contributed by atoms with Crippen LogP contribution in [0.2, 0.25) is 0 Å². The fourth-order valence-electron chi connectivity index (χ4n) is 2.56. The standard InChI is InChI=1S/C20H23N7O3/c1-29-9-8-23-18(28)12-30-16-5-2-13(3-6-16)19-25-20(27-26-19)24-15-4-7-17(22)14(10-15)11-21/h2-7,10-11,21H,8-9,12,22H2,1H3,(H,23,28)(H2,24,25,26,27). The Labute approximate surface area is 173 Å². The first-order chi connectivity index (χ1) is 14.6. The zero-order valence-corrected chi connectivity index (χ0v) is 16.4. The quantitative estimate of drug-likeness (QED) is 0.195. The minimum absolute atomic E-state index is 0.0707. The van der Waals surface area contributed by atoms with Crippen molar-refractivity contribution in [3.63, 3.8) is 0 Å². The Morgan fingerprint density at radius 1 is 1.23 bits per heavy atom. The normalized spacial score (nSPS) is 10.4. The van der Waals surface area contributed by atoms with Crippen LogP contribution in [0.3, 0.4) is 0 Å². The molecule has 10 heteroatoms. The fraction of sp³-hybridized carbons (Fsp3) is 0.200. The number of aromatic amines is 1. The highest BCUT2D eigenvalue weighted by atomic mass is 16.5. The van der Waals surface area contributed by atoms with Crippen LogP contribution in [-0.2, 0) is 9.53 Å². The van der Waals surface area contributed by atoms with Crippen LogP contribution < -0.4 is 21.1 Å². The monoisotopic (exact) mass is 409 g/mol. The van der Waals surface area contributed by atoms with Crippen LogP contribution in [0, 0.1) is 5.41 Å². The van der Waals surface area contributed by atoms with Gasteiger partial charge in [0.25, 0.3) is 5.91 Å². The van der Waals surface area contributed by atoms with Gasteiger partial charge in [-0.15, -0.1) is 10.2 Å². The summed E-state index contributed by atoms with van der Waals surface area (Å²) in [6.07, 6.45) is 1.19. The second-order valence-electron chi connectivity index (χ2n) is 6.29. The van der Waals surface area contributed by atoms with Gasteiger partial charge in [0, 0.05) is 42.4 Å². The fourth-order valence-corrected chi connectivity index (χ4v) is 2.56. The Kier molecular flexibility index (Phi) is 6.95. The lowest BCUT2D eigenvalue weighted by atomic mass is 10.2. The molecule has 0 aliphatic carbocycles. The maximum Gasteiger partial charge on any atom is 0.258 e. The van der Waals surface area contributed by atoms with Crippen molar-refractivity contribution < 1.29 is 14.3 Å². The van der Waals surface area contributed by atoms with Gasteiger partial charge >= 0.3 is 0 Å². The number of rotatable bonds is 10. The molecule has 2 aromatic carbocycles. The van der Waals surface area contributed by atoms with Crippen molar-refractivity contribution in [1.82, 2.24) is 20.5 Å². The van der Waals surface area contributed by atoms with E-state index >= 15 is 0 Å². The molecule has 0 fully saturated rings. The van der Waals surface area contributed by atoms with Gasteiger partial charge in [-0.1, -0.05) is 0 Å². The Hall–Kier alpha value is -3.92. The summed E-state index contributed by atoms with van der Waals surface area (Å²) in [5.41, 5.74) is 8.49. The highest BCUT2D eigenvalue weighted by Crippen LogP contribution is 2.22. The van der Waals surface area contributed by atoms with E-state index < -0.39 is 0 Å². The average molecular weight is 409 g/mol. The first-order valence-corrected chi connectivity index (χ1v) is 9.17. The van der Waals surface area contributed by atoms with Crippen LogP contribution in [0.15, 0.2) is 42.5 Å². The number of ether oxygens (including phenoxy) is 2. The molecular formula is C20H23N7O3. The Morgan fingerprint density at radius 3 is 2.77 bits per heavy atom. The summed E-state index contributed by atoms with van der Waals surface area (Å²) in [5.74, 6) is 1.39. The first-order valence-electron chi connectivity index (χ1n) is 9.17. The van der Waals surface area contributed by atoms with Gasteiger partial charge in [0.1, 0.15) is 5.75 Å². The smallest absolute Gasteiger partial charge is 0.258 e. The van der Waals surface area contributed by atoms with Gasteiger partial charge in [-0.25, -0.2) is 0 Å². The lowest BCUT2D eigenvalue weighted by Gasteiger charge is -2.07. The van der Waals surface area contributed by atoms with Gasteiger partial charge in [0.2, 0.25) is 5.95 Å². The molecule has 3 rings (SSSR count). The van der Waals surface area contributed by atoms with Crippen molar-refractivity contribution in [3.05, 3.63) is 48.0 Å². The first kappa shape index (κ1) is 20.8. The van der Waals surface area contributed by atoms with E-state index in [-0.39, 0.29) is 12.5 Å². The molecule has 156 valence electrons. The second-order valence-corrected chi connectivity index (χ2v) is 6.29. The molecule has 0 aliphatic heterocycles. The molecule has 0 aliphatic rings. The molecule has 0 bridgehead atoms. The third kappa shape index (κ3) is 5.55. The van der Waals surface area contributed by atoms with Gasteiger partial charge in [0.05, 0.1) is 6.61 Å². The van der Waals surface area contributed by atoms with Crippen molar-refractivity contribution in [2.75, 3.05) is 37.9 Å². The summed E-state index contributed by atoms with van der Waals surface area (Å²) in [5, 5.41) is 21.4. The zero-order valence-electron chi connectivity index (χ0n) is 16.4.